The fourth-order valence-corrected chi connectivity index (χ4v) is 6.60. The Labute approximate surface area is 252 Å². The van der Waals surface area contributed by atoms with Crippen LogP contribution >= 0.6 is 11.6 Å². The van der Waals surface area contributed by atoms with Gasteiger partial charge >= 0.3 is 0 Å². The van der Waals surface area contributed by atoms with Crippen LogP contribution in [0.3, 0.4) is 0 Å². The molecule has 1 amide bonds. The van der Waals surface area contributed by atoms with Crippen LogP contribution in [0.1, 0.15) is 38.3 Å². The fraction of sp³-hybridized carbons (Fsp3) is 0.353. The van der Waals surface area contributed by atoms with Gasteiger partial charge in [0, 0.05) is 54.6 Å². The van der Waals surface area contributed by atoms with Crippen LogP contribution in [0, 0.1) is 5.41 Å². The minimum absolute atomic E-state index is 0.0479. The number of ether oxygens (including phenoxy) is 1. The fourth-order valence-electron chi connectivity index (χ4n) is 6.47. The van der Waals surface area contributed by atoms with Crippen LogP contribution in [0.15, 0.2) is 84.1 Å². The third-order valence-corrected chi connectivity index (χ3v) is 8.82. The molecule has 1 unspecified atom stereocenters. The number of Topliss-reactive ketones (excluding diaryl/α,β-unsaturated/α-hetero) is 1. The van der Waals surface area contributed by atoms with E-state index in [1.165, 1.54) is 0 Å². The molecule has 2 aliphatic heterocycles. The molecular formula is C34H37ClN4O3. The predicted octanol–water partition coefficient (Wildman–Crippen LogP) is 6.31. The van der Waals surface area contributed by atoms with Gasteiger partial charge in [0.05, 0.1) is 31.1 Å². The summed E-state index contributed by atoms with van der Waals surface area (Å²) in [6.07, 6.45) is 1.22. The highest BCUT2D eigenvalue weighted by Crippen LogP contribution is 2.48. The summed E-state index contributed by atoms with van der Waals surface area (Å²) in [5.41, 5.74) is 5.41. The largest absolute Gasteiger partial charge is 0.497 e. The Bertz CT molecular complexity index is 1510. The van der Waals surface area contributed by atoms with E-state index in [0.29, 0.717) is 24.5 Å². The summed E-state index contributed by atoms with van der Waals surface area (Å²) < 4.78 is 5.43. The van der Waals surface area contributed by atoms with Crippen LogP contribution in [0.5, 0.6) is 5.75 Å². The van der Waals surface area contributed by atoms with Gasteiger partial charge in [-0.2, -0.15) is 0 Å². The van der Waals surface area contributed by atoms with E-state index in [2.05, 4.69) is 29.0 Å². The molecule has 3 aliphatic rings. The maximum absolute atomic E-state index is 14.0. The number of benzene rings is 3. The number of nitrogens with zero attached hydrogens (tertiary/aromatic N) is 3. The average molecular weight is 585 g/mol. The Morgan fingerprint density at radius 3 is 2.33 bits per heavy atom. The first-order valence-electron chi connectivity index (χ1n) is 14.5. The molecule has 1 atom stereocenters. The molecule has 0 bridgehead atoms. The van der Waals surface area contributed by atoms with E-state index in [9.17, 15) is 9.59 Å². The van der Waals surface area contributed by atoms with E-state index in [4.69, 9.17) is 16.3 Å². The standard InChI is InChI=1S/C34H37ClN4O3/c1-34(2)20-28-32(30(40)21-34)33(23-8-14-26(42-3)15-9-23)39(29-7-5-4-6-27(29)36-28)22-31(41)38-18-16-37(17-19-38)25-12-10-24(35)11-13-25/h4-15,33,36H,16-22H2,1-3H3. The Balaban J connectivity index is 1.34. The van der Waals surface area contributed by atoms with E-state index in [0.717, 1.165) is 59.2 Å². The number of carbonyl (C=O) groups excluding carboxylic acids is 2. The number of allylic oxidation sites excluding steroid dienone is 1. The number of fused-ring (bicyclic) bond motifs is 1. The third kappa shape index (κ3) is 5.58. The highest BCUT2D eigenvalue weighted by atomic mass is 35.5. The second-order valence-corrected chi connectivity index (χ2v) is 12.6. The first-order chi connectivity index (χ1) is 20.2. The van der Waals surface area contributed by atoms with Gasteiger partial charge in [-0.3, -0.25) is 9.59 Å². The molecule has 1 fully saturated rings. The minimum atomic E-state index is -0.412. The van der Waals surface area contributed by atoms with Crippen LogP contribution < -0.4 is 19.9 Å². The summed E-state index contributed by atoms with van der Waals surface area (Å²) in [7, 11) is 1.64. The molecule has 8 heteroatoms. The zero-order chi connectivity index (χ0) is 29.4. The number of hydrogen-bond acceptors (Lipinski definition) is 6. The van der Waals surface area contributed by atoms with Gasteiger partial charge in [0.2, 0.25) is 5.91 Å². The minimum Gasteiger partial charge on any atom is -0.497 e. The van der Waals surface area contributed by atoms with Crippen LogP contribution in [0.2, 0.25) is 5.02 Å². The molecule has 0 spiro atoms. The van der Waals surface area contributed by atoms with Gasteiger partial charge < -0.3 is 24.8 Å². The van der Waals surface area contributed by atoms with E-state index in [1.807, 2.05) is 77.7 Å². The molecule has 2 heterocycles. The maximum atomic E-state index is 14.0. The summed E-state index contributed by atoms with van der Waals surface area (Å²) in [5.74, 6) is 0.917. The van der Waals surface area contributed by atoms with Crippen molar-refractivity contribution in [3.8, 4) is 5.75 Å². The maximum Gasteiger partial charge on any atom is 0.242 e. The molecule has 42 heavy (non-hydrogen) atoms. The zero-order valence-electron chi connectivity index (χ0n) is 24.4. The van der Waals surface area contributed by atoms with E-state index in [-0.39, 0.29) is 23.7 Å². The van der Waals surface area contributed by atoms with Crippen molar-refractivity contribution in [2.45, 2.75) is 32.7 Å². The van der Waals surface area contributed by atoms with Gasteiger partial charge in [-0.05, 0) is 65.9 Å². The van der Waals surface area contributed by atoms with Crippen molar-refractivity contribution in [2.24, 2.45) is 5.41 Å². The molecule has 0 saturated carbocycles. The third-order valence-electron chi connectivity index (χ3n) is 8.57. The van der Waals surface area contributed by atoms with Crippen molar-refractivity contribution in [1.29, 1.82) is 0 Å². The van der Waals surface area contributed by atoms with Crippen molar-refractivity contribution < 1.29 is 14.3 Å². The number of piperazine rings is 1. The number of carbonyl (C=O) groups is 2. The van der Waals surface area contributed by atoms with Crippen LogP contribution in [-0.2, 0) is 9.59 Å². The molecule has 1 saturated heterocycles. The molecule has 3 aromatic carbocycles. The normalized spacial score (nSPS) is 20.0. The number of methoxy groups -OCH3 is 1. The monoisotopic (exact) mass is 584 g/mol. The molecule has 0 aromatic heterocycles. The second kappa shape index (κ2) is 11.4. The Morgan fingerprint density at radius 1 is 0.952 bits per heavy atom. The van der Waals surface area contributed by atoms with Gasteiger partial charge in [0.1, 0.15) is 5.75 Å². The number of halogens is 1. The van der Waals surface area contributed by atoms with Gasteiger partial charge in [-0.25, -0.2) is 0 Å². The number of ketones is 1. The van der Waals surface area contributed by atoms with Crippen molar-refractivity contribution in [2.75, 3.05) is 55.0 Å². The van der Waals surface area contributed by atoms with Crippen LogP contribution in [-0.4, -0.2) is 56.4 Å². The molecule has 1 N–H and O–H groups in total. The Kier molecular flexibility index (Phi) is 7.62. The summed E-state index contributed by atoms with van der Waals surface area (Å²) in [6, 6.07) is 23.4. The summed E-state index contributed by atoms with van der Waals surface area (Å²) in [5, 5.41) is 4.34. The SMILES string of the molecule is COc1ccc(C2C3=C(CC(C)(C)CC3=O)Nc3ccccc3N2CC(=O)N2CCN(c3ccc(Cl)cc3)CC2)cc1. The lowest BCUT2D eigenvalue weighted by Crippen LogP contribution is -2.52. The van der Waals surface area contributed by atoms with E-state index < -0.39 is 6.04 Å². The molecule has 0 radical (unpaired) electrons. The van der Waals surface area contributed by atoms with Crippen molar-refractivity contribution >= 4 is 40.4 Å². The van der Waals surface area contributed by atoms with Gasteiger partial charge in [-0.15, -0.1) is 0 Å². The highest BCUT2D eigenvalue weighted by molar-refractivity contribution is 6.30. The zero-order valence-corrected chi connectivity index (χ0v) is 25.2. The average Bonchev–Trinajstić information content (AvgIpc) is 3.11. The van der Waals surface area contributed by atoms with Crippen molar-refractivity contribution in [1.82, 2.24) is 4.90 Å². The number of para-hydroxylation sites is 2. The smallest absolute Gasteiger partial charge is 0.242 e. The van der Waals surface area contributed by atoms with Crippen molar-refractivity contribution in [3.05, 3.63) is 94.7 Å². The van der Waals surface area contributed by atoms with Crippen molar-refractivity contribution in [3.63, 3.8) is 0 Å². The van der Waals surface area contributed by atoms with Crippen LogP contribution in [0.25, 0.3) is 0 Å². The number of rotatable bonds is 5. The number of hydrogen-bond donors (Lipinski definition) is 1. The summed E-state index contributed by atoms with van der Waals surface area (Å²) in [6.45, 7) is 7.18. The first-order valence-corrected chi connectivity index (χ1v) is 14.9. The lowest BCUT2D eigenvalue weighted by Gasteiger charge is -2.40. The summed E-state index contributed by atoms with van der Waals surface area (Å²) >= 11 is 6.08. The molecular weight excluding hydrogens is 548 g/mol. The lowest BCUT2D eigenvalue weighted by atomic mass is 9.73. The highest BCUT2D eigenvalue weighted by Gasteiger charge is 2.42. The number of nitrogens with one attached hydrogen (secondary N) is 1. The topological polar surface area (TPSA) is 65.1 Å². The first kappa shape index (κ1) is 28.2. The number of anilines is 3. The van der Waals surface area contributed by atoms with Crippen LogP contribution in [0.4, 0.5) is 17.1 Å². The van der Waals surface area contributed by atoms with Gasteiger partial charge in [-0.1, -0.05) is 49.7 Å². The second-order valence-electron chi connectivity index (χ2n) is 12.1. The molecule has 6 rings (SSSR count). The predicted molar refractivity (Wildman–Crippen MR) is 168 cm³/mol. The summed E-state index contributed by atoms with van der Waals surface area (Å²) in [4.78, 5) is 34.3. The lowest BCUT2D eigenvalue weighted by molar-refractivity contribution is -0.130. The van der Waals surface area contributed by atoms with E-state index in [1.54, 1.807) is 7.11 Å². The molecule has 3 aromatic rings. The van der Waals surface area contributed by atoms with Gasteiger partial charge in [0.15, 0.2) is 5.78 Å². The quantitative estimate of drug-likeness (QED) is 0.379. The Hall–Kier alpha value is -3.97. The molecule has 218 valence electrons. The van der Waals surface area contributed by atoms with Gasteiger partial charge in [0.25, 0.3) is 0 Å². The molecule has 7 nitrogen and oxygen atoms in total. The van der Waals surface area contributed by atoms with E-state index >= 15 is 0 Å². The Morgan fingerprint density at radius 2 is 1.64 bits per heavy atom. The molecule has 1 aliphatic carbocycles. The number of amides is 1.